The van der Waals surface area contributed by atoms with Gasteiger partial charge in [-0.1, -0.05) is 6.92 Å². The van der Waals surface area contributed by atoms with Crippen LogP contribution < -0.4 is 5.73 Å². The second-order valence-corrected chi connectivity index (χ2v) is 9.39. The van der Waals surface area contributed by atoms with Gasteiger partial charge in [0.05, 0.1) is 12.2 Å². The molecule has 0 aromatic heterocycles. The molecule has 3 unspecified atom stereocenters. The lowest BCUT2D eigenvalue weighted by atomic mass is 10.2. The number of rotatable bonds is 3. The highest BCUT2D eigenvalue weighted by Gasteiger charge is 2.45. The number of hydrogen-bond donors (Lipinski definition) is 1. The molecule has 2 bridgehead atoms. The van der Waals surface area contributed by atoms with Gasteiger partial charge in [0.25, 0.3) is 0 Å². The number of nitrogens with two attached hydrogens (primary N) is 1. The molecule has 3 rings (SSSR count). The zero-order chi connectivity index (χ0) is 13.2. The van der Waals surface area contributed by atoms with Gasteiger partial charge < -0.3 is 14.6 Å². The van der Waals surface area contributed by atoms with Crippen LogP contribution in [0.3, 0.4) is 0 Å². The summed E-state index contributed by atoms with van der Waals surface area (Å²) >= 11 is 0. The molecule has 0 spiro atoms. The standard InChI is InChI=1S/C13H28N2O2Si/c1-11-7-15-8-12(2)16-18(10-11,6-4-5-14)17-13(3)9-15/h11-13H,4-10,14H2,1-3H3. The van der Waals surface area contributed by atoms with Crippen LogP contribution >= 0.6 is 0 Å². The molecule has 18 heavy (non-hydrogen) atoms. The topological polar surface area (TPSA) is 47.7 Å². The van der Waals surface area contributed by atoms with Crippen molar-refractivity contribution >= 4 is 8.56 Å². The molecule has 0 amide bonds. The Labute approximate surface area is 112 Å². The minimum atomic E-state index is -2.04. The van der Waals surface area contributed by atoms with Gasteiger partial charge in [-0.15, -0.1) is 0 Å². The van der Waals surface area contributed by atoms with Crippen molar-refractivity contribution in [1.29, 1.82) is 0 Å². The predicted octanol–water partition coefficient (Wildman–Crippen LogP) is 1.55. The van der Waals surface area contributed by atoms with E-state index in [0.717, 1.165) is 38.1 Å². The summed E-state index contributed by atoms with van der Waals surface area (Å²) in [5.74, 6) is 0.675. The fraction of sp³-hybridized carbons (Fsp3) is 1.00. The van der Waals surface area contributed by atoms with Gasteiger partial charge in [0.1, 0.15) is 0 Å². The van der Waals surface area contributed by atoms with Crippen LogP contribution in [0.25, 0.3) is 0 Å². The molecule has 3 aliphatic heterocycles. The Morgan fingerprint density at radius 2 is 1.72 bits per heavy atom. The van der Waals surface area contributed by atoms with Crippen LogP contribution in [0.5, 0.6) is 0 Å². The Morgan fingerprint density at radius 1 is 1.11 bits per heavy atom. The molecule has 0 aliphatic carbocycles. The first kappa shape index (κ1) is 14.5. The lowest BCUT2D eigenvalue weighted by Crippen LogP contribution is -2.58. The third-order valence-electron chi connectivity index (χ3n) is 3.85. The van der Waals surface area contributed by atoms with Crippen molar-refractivity contribution in [1.82, 2.24) is 4.90 Å². The van der Waals surface area contributed by atoms with Crippen LogP contribution in [-0.2, 0) is 8.85 Å². The zero-order valence-corrected chi connectivity index (χ0v) is 13.0. The minimum absolute atomic E-state index is 0.300. The lowest BCUT2D eigenvalue weighted by Gasteiger charge is -2.46. The van der Waals surface area contributed by atoms with E-state index in [1.165, 1.54) is 6.54 Å². The van der Waals surface area contributed by atoms with Crippen LogP contribution in [0.2, 0.25) is 12.1 Å². The van der Waals surface area contributed by atoms with Gasteiger partial charge in [-0.05, 0) is 44.8 Å². The Hall–Kier alpha value is 0.0569. The van der Waals surface area contributed by atoms with Gasteiger partial charge in [0, 0.05) is 19.6 Å². The van der Waals surface area contributed by atoms with Crippen molar-refractivity contribution in [2.45, 2.75) is 51.5 Å². The SMILES string of the molecule is CC1CN2CC(C)O[Si](CCCN)(C1)OC(C)C2. The summed E-state index contributed by atoms with van der Waals surface area (Å²) in [6.45, 7) is 10.7. The minimum Gasteiger partial charge on any atom is -0.390 e. The Morgan fingerprint density at radius 3 is 2.28 bits per heavy atom. The molecule has 3 aliphatic rings. The number of hydrogen-bond acceptors (Lipinski definition) is 4. The molecule has 3 atom stereocenters. The molecule has 4 nitrogen and oxygen atoms in total. The largest absolute Gasteiger partial charge is 0.390 e. The van der Waals surface area contributed by atoms with Crippen LogP contribution in [0, 0.1) is 5.92 Å². The second-order valence-electron chi connectivity index (χ2n) is 6.19. The summed E-state index contributed by atoms with van der Waals surface area (Å²) in [5, 5.41) is 0. The fourth-order valence-corrected chi connectivity index (χ4v) is 7.75. The van der Waals surface area contributed by atoms with Gasteiger partial charge in [-0.2, -0.15) is 0 Å². The normalized spacial score (nSPS) is 45.3. The van der Waals surface area contributed by atoms with Gasteiger partial charge in [-0.3, -0.25) is 4.90 Å². The van der Waals surface area contributed by atoms with Crippen molar-refractivity contribution in [2.24, 2.45) is 11.7 Å². The third kappa shape index (κ3) is 3.54. The predicted molar refractivity (Wildman–Crippen MR) is 75.7 cm³/mol. The average Bonchev–Trinajstić information content (AvgIpc) is 2.21. The molecular formula is C13H28N2O2Si. The highest BCUT2D eigenvalue weighted by atomic mass is 28.4. The van der Waals surface area contributed by atoms with Crippen molar-refractivity contribution < 1.29 is 8.85 Å². The maximum absolute atomic E-state index is 6.41. The van der Waals surface area contributed by atoms with E-state index in [1.54, 1.807) is 0 Å². The van der Waals surface area contributed by atoms with Crippen LogP contribution in [0.1, 0.15) is 27.2 Å². The Balaban J connectivity index is 2.18. The molecule has 0 aromatic rings. The van der Waals surface area contributed by atoms with Crippen LogP contribution in [-0.4, -0.2) is 51.8 Å². The quantitative estimate of drug-likeness (QED) is 0.792. The summed E-state index contributed by atoms with van der Waals surface area (Å²) in [6.07, 6.45) is 1.63. The van der Waals surface area contributed by atoms with Gasteiger partial charge in [-0.25, -0.2) is 0 Å². The van der Waals surface area contributed by atoms with Crippen molar-refractivity contribution in [3.8, 4) is 0 Å². The maximum Gasteiger partial charge on any atom is 0.339 e. The number of fused-ring (bicyclic) bond motifs is 6. The smallest absolute Gasteiger partial charge is 0.339 e. The second kappa shape index (κ2) is 6.01. The fourth-order valence-electron chi connectivity index (χ4n) is 3.51. The van der Waals surface area contributed by atoms with E-state index < -0.39 is 8.56 Å². The summed E-state index contributed by atoms with van der Waals surface area (Å²) in [4.78, 5) is 2.50. The highest BCUT2D eigenvalue weighted by Crippen LogP contribution is 2.33. The average molecular weight is 272 g/mol. The molecule has 3 heterocycles. The van der Waals surface area contributed by atoms with Crippen molar-refractivity contribution in [2.75, 3.05) is 26.2 Å². The Kier molecular flexibility index (Phi) is 4.83. The monoisotopic (exact) mass is 272 g/mol. The zero-order valence-electron chi connectivity index (χ0n) is 12.0. The van der Waals surface area contributed by atoms with E-state index in [4.69, 9.17) is 14.6 Å². The van der Waals surface area contributed by atoms with E-state index in [0.29, 0.717) is 18.1 Å². The molecule has 3 fully saturated rings. The Bertz CT molecular complexity index is 242. The molecule has 0 aromatic carbocycles. The first-order valence-electron chi connectivity index (χ1n) is 7.31. The maximum atomic E-state index is 6.41. The molecule has 5 heteroatoms. The van der Waals surface area contributed by atoms with Crippen LogP contribution in [0.4, 0.5) is 0 Å². The first-order chi connectivity index (χ1) is 8.53. The summed E-state index contributed by atoms with van der Waals surface area (Å²) < 4.78 is 12.8. The molecule has 0 radical (unpaired) electrons. The van der Waals surface area contributed by atoms with E-state index in [2.05, 4.69) is 25.7 Å². The summed E-state index contributed by atoms with van der Waals surface area (Å²) in [6, 6.07) is 2.18. The van der Waals surface area contributed by atoms with Crippen LogP contribution in [0.15, 0.2) is 0 Å². The van der Waals surface area contributed by atoms with E-state index in [1.807, 2.05) is 0 Å². The highest BCUT2D eigenvalue weighted by molar-refractivity contribution is 6.67. The van der Waals surface area contributed by atoms with Crippen molar-refractivity contribution in [3.63, 3.8) is 0 Å². The van der Waals surface area contributed by atoms with Gasteiger partial charge >= 0.3 is 8.56 Å². The van der Waals surface area contributed by atoms with Gasteiger partial charge in [0.2, 0.25) is 0 Å². The third-order valence-corrected chi connectivity index (χ3v) is 7.95. The molecular weight excluding hydrogens is 244 g/mol. The van der Waals surface area contributed by atoms with E-state index >= 15 is 0 Å². The molecule has 106 valence electrons. The number of nitrogens with zero attached hydrogens (tertiary/aromatic N) is 1. The summed E-state index contributed by atoms with van der Waals surface area (Å²) in [7, 11) is -2.04. The van der Waals surface area contributed by atoms with E-state index in [-0.39, 0.29) is 0 Å². The molecule has 2 N–H and O–H groups in total. The summed E-state index contributed by atoms with van der Waals surface area (Å²) in [5.41, 5.74) is 5.69. The molecule has 0 saturated carbocycles. The van der Waals surface area contributed by atoms with Crippen molar-refractivity contribution in [3.05, 3.63) is 0 Å². The first-order valence-corrected chi connectivity index (χ1v) is 9.54. The van der Waals surface area contributed by atoms with Gasteiger partial charge in [0.15, 0.2) is 0 Å². The van der Waals surface area contributed by atoms with E-state index in [9.17, 15) is 0 Å². The molecule has 3 saturated heterocycles. The lowest BCUT2D eigenvalue weighted by molar-refractivity contribution is 0.0000540.